The van der Waals surface area contributed by atoms with Gasteiger partial charge in [0.1, 0.15) is 0 Å². The summed E-state index contributed by atoms with van der Waals surface area (Å²) in [6.45, 7) is 8.25. The van der Waals surface area contributed by atoms with Gasteiger partial charge in [0.25, 0.3) is 0 Å². The lowest BCUT2D eigenvalue weighted by Crippen LogP contribution is -2.42. The van der Waals surface area contributed by atoms with E-state index in [-0.39, 0.29) is 0 Å². The van der Waals surface area contributed by atoms with Crippen LogP contribution in [0, 0.1) is 0 Å². The first-order valence-electron chi connectivity index (χ1n) is 7.02. The first-order chi connectivity index (χ1) is 9.24. The van der Waals surface area contributed by atoms with Crippen LogP contribution in [-0.2, 0) is 11.2 Å². The quantitative estimate of drug-likeness (QED) is 0.866. The molecule has 1 aliphatic rings. The van der Waals surface area contributed by atoms with Crippen molar-refractivity contribution in [1.82, 2.24) is 10.2 Å². The average molecular weight is 283 g/mol. The number of morpholine rings is 1. The van der Waals surface area contributed by atoms with Gasteiger partial charge in [0, 0.05) is 37.2 Å². The molecular weight excluding hydrogens is 260 g/mol. The van der Waals surface area contributed by atoms with Gasteiger partial charge in [-0.3, -0.25) is 4.90 Å². The zero-order valence-corrected chi connectivity index (χ0v) is 12.3. The second-order valence-corrected chi connectivity index (χ2v) is 5.58. The van der Waals surface area contributed by atoms with Gasteiger partial charge < -0.3 is 10.1 Å². The third-order valence-electron chi connectivity index (χ3n) is 3.48. The molecule has 4 heteroatoms. The Bertz CT molecular complexity index is 363. The summed E-state index contributed by atoms with van der Waals surface area (Å²) in [4.78, 5) is 2.45. The highest BCUT2D eigenvalue weighted by Crippen LogP contribution is 2.10. The molecule has 1 aromatic rings. The van der Waals surface area contributed by atoms with Gasteiger partial charge in [-0.25, -0.2) is 0 Å². The molecule has 106 valence electrons. The van der Waals surface area contributed by atoms with Gasteiger partial charge in [-0.1, -0.05) is 23.7 Å². The van der Waals surface area contributed by atoms with Gasteiger partial charge in [-0.05, 0) is 31.0 Å². The molecule has 1 atom stereocenters. The summed E-state index contributed by atoms with van der Waals surface area (Å²) in [6, 6.07) is 8.60. The van der Waals surface area contributed by atoms with E-state index in [9.17, 15) is 0 Å². The van der Waals surface area contributed by atoms with E-state index in [1.54, 1.807) is 0 Å². The first-order valence-corrected chi connectivity index (χ1v) is 7.40. The molecule has 2 rings (SSSR count). The number of nitrogens with zero attached hydrogens (tertiary/aromatic N) is 1. The predicted molar refractivity (Wildman–Crippen MR) is 79.9 cm³/mol. The molecular formula is C15H23ClN2O. The third kappa shape index (κ3) is 5.49. The van der Waals surface area contributed by atoms with Crippen molar-refractivity contribution in [3.8, 4) is 0 Å². The van der Waals surface area contributed by atoms with Crippen LogP contribution in [0.25, 0.3) is 0 Å². The van der Waals surface area contributed by atoms with Crippen molar-refractivity contribution in [3.63, 3.8) is 0 Å². The normalized spacial score (nSPS) is 18.4. The fourth-order valence-electron chi connectivity index (χ4n) is 2.34. The minimum atomic E-state index is 0.488. The molecule has 19 heavy (non-hydrogen) atoms. The molecule has 0 spiro atoms. The van der Waals surface area contributed by atoms with Gasteiger partial charge in [-0.15, -0.1) is 0 Å². The van der Waals surface area contributed by atoms with E-state index in [4.69, 9.17) is 16.3 Å². The molecule has 0 saturated carbocycles. The average Bonchev–Trinajstić information content (AvgIpc) is 2.43. The standard InChI is InChI=1S/C15H23ClN2O/c1-13(12-14-2-4-15(16)5-3-14)17-6-7-18-8-10-19-11-9-18/h2-5,13,17H,6-12H2,1H3. The van der Waals surface area contributed by atoms with Crippen molar-refractivity contribution in [2.75, 3.05) is 39.4 Å². The number of halogens is 1. The molecule has 1 aromatic carbocycles. The van der Waals surface area contributed by atoms with Crippen molar-refractivity contribution in [2.45, 2.75) is 19.4 Å². The summed E-state index contributed by atoms with van der Waals surface area (Å²) >= 11 is 5.89. The lowest BCUT2D eigenvalue weighted by atomic mass is 10.1. The zero-order valence-electron chi connectivity index (χ0n) is 11.6. The van der Waals surface area contributed by atoms with Gasteiger partial charge in [0.05, 0.1) is 13.2 Å². The number of nitrogens with one attached hydrogen (secondary N) is 1. The fourth-order valence-corrected chi connectivity index (χ4v) is 2.47. The van der Waals surface area contributed by atoms with Crippen molar-refractivity contribution in [3.05, 3.63) is 34.9 Å². The van der Waals surface area contributed by atoms with Crippen LogP contribution in [0.3, 0.4) is 0 Å². The lowest BCUT2D eigenvalue weighted by Gasteiger charge is -2.27. The topological polar surface area (TPSA) is 24.5 Å². The number of rotatable bonds is 6. The highest BCUT2D eigenvalue weighted by atomic mass is 35.5. The van der Waals surface area contributed by atoms with Crippen LogP contribution in [0.1, 0.15) is 12.5 Å². The Hall–Kier alpha value is -0.610. The minimum absolute atomic E-state index is 0.488. The highest BCUT2D eigenvalue weighted by Gasteiger charge is 2.10. The summed E-state index contributed by atoms with van der Waals surface area (Å²) in [5, 5.41) is 4.38. The van der Waals surface area contributed by atoms with Crippen molar-refractivity contribution in [2.24, 2.45) is 0 Å². The molecule has 3 nitrogen and oxygen atoms in total. The minimum Gasteiger partial charge on any atom is -0.379 e. The second-order valence-electron chi connectivity index (χ2n) is 5.14. The fraction of sp³-hybridized carbons (Fsp3) is 0.600. The van der Waals surface area contributed by atoms with E-state index in [1.165, 1.54) is 5.56 Å². The number of ether oxygens (including phenoxy) is 1. The van der Waals surface area contributed by atoms with Crippen LogP contribution < -0.4 is 5.32 Å². The van der Waals surface area contributed by atoms with Crippen LogP contribution in [0.5, 0.6) is 0 Å². The Morgan fingerprint density at radius 3 is 2.63 bits per heavy atom. The number of benzene rings is 1. The maximum atomic E-state index is 5.89. The SMILES string of the molecule is CC(Cc1ccc(Cl)cc1)NCCN1CCOCC1. The van der Waals surface area contributed by atoms with E-state index in [0.29, 0.717) is 6.04 Å². The summed E-state index contributed by atoms with van der Waals surface area (Å²) in [5.41, 5.74) is 1.33. The van der Waals surface area contributed by atoms with Crippen LogP contribution in [0.2, 0.25) is 5.02 Å². The van der Waals surface area contributed by atoms with E-state index >= 15 is 0 Å². The predicted octanol–water partition coefficient (Wildman–Crippen LogP) is 2.19. The Morgan fingerprint density at radius 1 is 1.26 bits per heavy atom. The van der Waals surface area contributed by atoms with Crippen LogP contribution in [0.4, 0.5) is 0 Å². The molecule has 1 saturated heterocycles. The molecule has 1 heterocycles. The molecule has 1 aliphatic heterocycles. The van der Waals surface area contributed by atoms with E-state index in [1.807, 2.05) is 12.1 Å². The Balaban J connectivity index is 1.63. The van der Waals surface area contributed by atoms with E-state index in [2.05, 4.69) is 29.3 Å². The van der Waals surface area contributed by atoms with Gasteiger partial charge in [0.2, 0.25) is 0 Å². The Kier molecular flexibility index (Phi) is 6.11. The van der Waals surface area contributed by atoms with E-state index in [0.717, 1.165) is 50.8 Å². The van der Waals surface area contributed by atoms with Crippen LogP contribution >= 0.6 is 11.6 Å². The molecule has 0 amide bonds. The molecule has 1 unspecified atom stereocenters. The smallest absolute Gasteiger partial charge is 0.0594 e. The summed E-state index contributed by atoms with van der Waals surface area (Å²) < 4.78 is 5.34. The maximum Gasteiger partial charge on any atom is 0.0594 e. The van der Waals surface area contributed by atoms with Crippen molar-refractivity contribution in [1.29, 1.82) is 0 Å². The molecule has 0 radical (unpaired) electrons. The monoisotopic (exact) mass is 282 g/mol. The van der Waals surface area contributed by atoms with Gasteiger partial charge in [-0.2, -0.15) is 0 Å². The third-order valence-corrected chi connectivity index (χ3v) is 3.73. The molecule has 1 fully saturated rings. The van der Waals surface area contributed by atoms with Gasteiger partial charge >= 0.3 is 0 Å². The summed E-state index contributed by atoms with van der Waals surface area (Å²) in [7, 11) is 0. The van der Waals surface area contributed by atoms with Crippen LogP contribution in [-0.4, -0.2) is 50.3 Å². The largest absolute Gasteiger partial charge is 0.379 e. The molecule has 0 aromatic heterocycles. The zero-order chi connectivity index (χ0) is 13.5. The van der Waals surface area contributed by atoms with Crippen LogP contribution in [0.15, 0.2) is 24.3 Å². The molecule has 0 aliphatic carbocycles. The lowest BCUT2D eigenvalue weighted by molar-refractivity contribution is 0.0382. The molecule has 1 N–H and O–H groups in total. The Labute approximate surface area is 120 Å². The number of hydrogen-bond acceptors (Lipinski definition) is 3. The first kappa shape index (κ1) is 14.8. The second kappa shape index (κ2) is 7.85. The van der Waals surface area contributed by atoms with E-state index < -0.39 is 0 Å². The highest BCUT2D eigenvalue weighted by molar-refractivity contribution is 6.30. The summed E-state index contributed by atoms with van der Waals surface area (Å²) in [5.74, 6) is 0. The van der Waals surface area contributed by atoms with Crippen molar-refractivity contribution < 1.29 is 4.74 Å². The van der Waals surface area contributed by atoms with Gasteiger partial charge in [0.15, 0.2) is 0 Å². The number of hydrogen-bond donors (Lipinski definition) is 1. The Morgan fingerprint density at radius 2 is 1.95 bits per heavy atom. The molecule has 0 bridgehead atoms. The maximum absolute atomic E-state index is 5.89. The summed E-state index contributed by atoms with van der Waals surface area (Å²) in [6.07, 6.45) is 1.04. The van der Waals surface area contributed by atoms with Crippen molar-refractivity contribution >= 4 is 11.6 Å².